The lowest BCUT2D eigenvalue weighted by Gasteiger charge is -2.32. The van der Waals surface area contributed by atoms with E-state index in [1.165, 1.54) is 34.4 Å². The summed E-state index contributed by atoms with van der Waals surface area (Å²) in [6.45, 7) is 1.59. The van der Waals surface area contributed by atoms with Crippen LogP contribution in [0.5, 0.6) is 0 Å². The highest BCUT2D eigenvalue weighted by molar-refractivity contribution is 7.22. The summed E-state index contributed by atoms with van der Waals surface area (Å²) >= 11 is 1.34. The van der Waals surface area contributed by atoms with Crippen molar-refractivity contribution < 1.29 is 9.50 Å². The van der Waals surface area contributed by atoms with Crippen LogP contribution in [0.15, 0.2) is 41.5 Å². The Bertz CT molecular complexity index is 959. The molecule has 1 aliphatic rings. The minimum absolute atomic E-state index is 0.151. The molecular formula is C18H18FN3O2S. The van der Waals surface area contributed by atoms with Crippen LogP contribution in [0.2, 0.25) is 0 Å². The smallest absolute Gasteiger partial charge is 0.271 e. The summed E-state index contributed by atoms with van der Waals surface area (Å²) < 4.78 is 15.1. The highest BCUT2D eigenvalue weighted by Gasteiger charge is 2.30. The summed E-state index contributed by atoms with van der Waals surface area (Å²) in [6, 6.07) is 8.02. The molecule has 1 fully saturated rings. The first-order chi connectivity index (χ1) is 12.0. The first-order valence-electron chi connectivity index (χ1n) is 8.22. The summed E-state index contributed by atoms with van der Waals surface area (Å²) in [4.78, 5) is 18.0. The van der Waals surface area contributed by atoms with Crippen molar-refractivity contribution in [3.63, 3.8) is 0 Å². The van der Waals surface area contributed by atoms with Crippen molar-refractivity contribution in [3.8, 4) is 10.4 Å². The number of benzene rings is 1. The van der Waals surface area contributed by atoms with Crippen LogP contribution in [-0.4, -0.2) is 33.3 Å². The quantitative estimate of drug-likeness (QED) is 0.754. The first-order valence-corrected chi connectivity index (χ1v) is 9.04. The Hall–Kier alpha value is -2.09. The molecule has 2 aromatic heterocycles. The van der Waals surface area contributed by atoms with E-state index in [0.29, 0.717) is 23.2 Å². The molecule has 130 valence electrons. The topological polar surface area (TPSA) is 67.2 Å². The van der Waals surface area contributed by atoms with Crippen LogP contribution in [-0.2, 0) is 6.54 Å². The van der Waals surface area contributed by atoms with E-state index in [-0.39, 0.29) is 17.9 Å². The fourth-order valence-corrected chi connectivity index (χ4v) is 4.28. The zero-order valence-corrected chi connectivity index (χ0v) is 14.4. The lowest BCUT2D eigenvalue weighted by Crippen LogP contribution is -2.49. The molecule has 5 nitrogen and oxygen atoms in total. The molecule has 0 bridgehead atoms. The maximum Gasteiger partial charge on any atom is 0.271 e. The van der Waals surface area contributed by atoms with Gasteiger partial charge in [0, 0.05) is 11.4 Å². The van der Waals surface area contributed by atoms with Gasteiger partial charge in [0.05, 0.1) is 24.0 Å². The summed E-state index contributed by atoms with van der Waals surface area (Å²) in [5.74, 6) is -0.292. The third-order valence-electron chi connectivity index (χ3n) is 4.55. The molecule has 2 N–H and O–H groups in total. The Morgan fingerprint density at radius 2 is 2.16 bits per heavy atom. The van der Waals surface area contributed by atoms with Crippen LogP contribution in [0.25, 0.3) is 20.7 Å². The van der Waals surface area contributed by atoms with Gasteiger partial charge in [-0.1, -0.05) is 12.1 Å². The Balaban J connectivity index is 1.70. The number of nitrogens with one attached hydrogen (secondary N) is 1. The molecule has 0 amide bonds. The molecular weight excluding hydrogens is 341 g/mol. The van der Waals surface area contributed by atoms with Gasteiger partial charge < -0.3 is 10.4 Å². The normalized spacial score (nSPS) is 20.9. The molecule has 0 saturated carbocycles. The molecule has 1 saturated heterocycles. The lowest BCUT2D eigenvalue weighted by molar-refractivity contribution is -0.000236. The predicted octanol–water partition coefficient (Wildman–Crippen LogP) is 2.38. The largest absolute Gasteiger partial charge is 0.387 e. The van der Waals surface area contributed by atoms with E-state index in [2.05, 4.69) is 10.3 Å². The number of thiophene rings is 1. The number of piperidine rings is 1. The van der Waals surface area contributed by atoms with Gasteiger partial charge >= 0.3 is 0 Å². The monoisotopic (exact) mass is 359 g/mol. The Morgan fingerprint density at radius 1 is 1.36 bits per heavy atom. The average Bonchev–Trinajstić information content (AvgIpc) is 3.04. The van der Waals surface area contributed by atoms with Crippen LogP contribution in [0.3, 0.4) is 0 Å². The number of halogens is 1. The highest BCUT2D eigenvalue weighted by atomic mass is 32.1. The van der Waals surface area contributed by atoms with Crippen molar-refractivity contribution in [2.75, 3.05) is 13.1 Å². The molecule has 1 aliphatic heterocycles. The summed E-state index contributed by atoms with van der Waals surface area (Å²) in [7, 11) is 0. The molecule has 7 heteroatoms. The molecule has 0 radical (unpaired) electrons. The zero-order valence-electron chi connectivity index (χ0n) is 13.5. The maximum atomic E-state index is 13.1. The summed E-state index contributed by atoms with van der Waals surface area (Å²) in [5, 5.41) is 13.8. The number of hydrogen-bond donors (Lipinski definition) is 2. The first kappa shape index (κ1) is 16.4. The van der Waals surface area contributed by atoms with Crippen molar-refractivity contribution >= 4 is 21.6 Å². The third kappa shape index (κ3) is 3.22. The van der Waals surface area contributed by atoms with E-state index in [1.807, 2.05) is 6.07 Å². The van der Waals surface area contributed by atoms with Crippen molar-refractivity contribution in [3.05, 3.63) is 52.8 Å². The average molecular weight is 359 g/mol. The molecule has 1 atom stereocenters. The van der Waals surface area contributed by atoms with Crippen LogP contribution >= 0.6 is 11.3 Å². The lowest BCUT2D eigenvalue weighted by atomic mass is 9.94. The number of hydrogen-bond acceptors (Lipinski definition) is 5. The third-order valence-corrected chi connectivity index (χ3v) is 5.71. The number of aromatic nitrogens is 2. The van der Waals surface area contributed by atoms with Gasteiger partial charge in [-0.15, -0.1) is 11.3 Å². The fraction of sp³-hybridized carbons (Fsp3) is 0.333. The van der Waals surface area contributed by atoms with Crippen molar-refractivity contribution in [1.82, 2.24) is 14.9 Å². The number of β-amino-alcohol motifs (C(OH)–C–C–N with tert-alkyl or cyclic N) is 1. The van der Waals surface area contributed by atoms with Gasteiger partial charge in [0.15, 0.2) is 0 Å². The number of rotatable bonds is 3. The molecule has 25 heavy (non-hydrogen) atoms. The second kappa shape index (κ2) is 6.33. The van der Waals surface area contributed by atoms with E-state index in [4.69, 9.17) is 0 Å². The van der Waals surface area contributed by atoms with E-state index in [1.54, 1.807) is 12.1 Å². The molecule has 0 spiro atoms. The number of fused-ring (bicyclic) bond motifs is 1. The zero-order chi connectivity index (χ0) is 17.4. The van der Waals surface area contributed by atoms with E-state index < -0.39 is 5.60 Å². The molecule has 4 rings (SSSR count). The van der Waals surface area contributed by atoms with Crippen LogP contribution in [0.4, 0.5) is 4.39 Å². The van der Waals surface area contributed by atoms with E-state index >= 15 is 0 Å². The predicted molar refractivity (Wildman–Crippen MR) is 96.3 cm³/mol. The van der Waals surface area contributed by atoms with Gasteiger partial charge in [-0.2, -0.15) is 0 Å². The van der Waals surface area contributed by atoms with Gasteiger partial charge in [0.1, 0.15) is 10.5 Å². The van der Waals surface area contributed by atoms with E-state index in [0.717, 1.165) is 23.4 Å². The summed E-state index contributed by atoms with van der Waals surface area (Å²) in [5.41, 5.74) is 0.404. The van der Waals surface area contributed by atoms with Crippen LogP contribution in [0.1, 0.15) is 12.8 Å². The van der Waals surface area contributed by atoms with Gasteiger partial charge in [-0.3, -0.25) is 9.36 Å². The van der Waals surface area contributed by atoms with Gasteiger partial charge in [0.2, 0.25) is 0 Å². The van der Waals surface area contributed by atoms with Crippen molar-refractivity contribution in [2.45, 2.75) is 25.0 Å². The minimum Gasteiger partial charge on any atom is -0.387 e. The molecule has 1 unspecified atom stereocenters. The van der Waals surface area contributed by atoms with Gasteiger partial charge in [0.25, 0.3) is 5.56 Å². The van der Waals surface area contributed by atoms with E-state index in [9.17, 15) is 14.3 Å². The van der Waals surface area contributed by atoms with Gasteiger partial charge in [-0.25, -0.2) is 9.37 Å². The Labute approximate surface area is 147 Å². The minimum atomic E-state index is -0.922. The van der Waals surface area contributed by atoms with Crippen LogP contribution in [0, 0.1) is 5.82 Å². The number of aliphatic hydroxyl groups is 1. The maximum absolute atomic E-state index is 13.1. The summed E-state index contributed by atoms with van der Waals surface area (Å²) in [6.07, 6.45) is 3.04. The van der Waals surface area contributed by atoms with Crippen molar-refractivity contribution in [2.24, 2.45) is 0 Å². The second-order valence-corrected chi connectivity index (χ2v) is 7.57. The molecule has 0 aliphatic carbocycles. The Morgan fingerprint density at radius 3 is 2.88 bits per heavy atom. The van der Waals surface area contributed by atoms with Crippen LogP contribution < -0.4 is 10.9 Å². The SMILES string of the molecule is O=c1c2sc(-c3ccc(F)cc3)cc2ncn1CC1(O)CCCNC1. The van der Waals surface area contributed by atoms with Gasteiger partial charge in [-0.05, 0) is 43.1 Å². The Kier molecular flexibility index (Phi) is 4.15. The highest BCUT2D eigenvalue weighted by Crippen LogP contribution is 2.31. The number of nitrogens with zero attached hydrogens (tertiary/aromatic N) is 2. The molecule has 1 aromatic carbocycles. The molecule has 3 heterocycles. The standard InChI is InChI=1S/C18H18FN3O2S/c19-13-4-2-12(3-5-13)15-8-14-16(25-15)17(23)22(11-21-14)10-18(24)6-1-7-20-9-18/h2-5,8,11,20,24H,1,6-7,9-10H2. The fourth-order valence-electron chi connectivity index (χ4n) is 3.22. The molecule has 3 aromatic rings. The van der Waals surface area contributed by atoms with Crippen molar-refractivity contribution in [1.29, 1.82) is 0 Å². The second-order valence-electron chi connectivity index (χ2n) is 6.51.